The van der Waals surface area contributed by atoms with Crippen LogP contribution in [0.15, 0.2) is 30.3 Å². The predicted octanol–water partition coefficient (Wildman–Crippen LogP) is 3.32. The van der Waals surface area contributed by atoms with Gasteiger partial charge in [-0.15, -0.1) is 0 Å². The summed E-state index contributed by atoms with van der Waals surface area (Å²) < 4.78 is 44.7. The lowest BCUT2D eigenvalue weighted by atomic mass is 9.96. The van der Waals surface area contributed by atoms with Gasteiger partial charge in [0, 0.05) is 18.7 Å². The summed E-state index contributed by atoms with van der Waals surface area (Å²) in [5, 5.41) is 5.20. The van der Waals surface area contributed by atoms with Gasteiger partial charge in [-0.1, -0.05) is 0 Å². The summed E-state index contributed by atoms with van der Waals surface area (Å²) in [5.74, 6) is -1.01. The molecule has 11 heteroatoms. The van der Waals surface area contributed by atoms with Gasteiger partial charge < -0.3 is 9.64 Å². The second-order valence-electron chi connectivity index (χ2n) is 9.67. The molecule has 0 bridgehead atoms. The molecule has 5 rings (SSSR count). The minimum absolute atomic E-state index is 0.0314. The number of piperidine rings is 1. The molecule has 0 radical (unpaired) electrons. The molecule has 0 saturated carbocycles. The number of likely N-dealkylation sites (tertiary alicyclic amines) is 1. The zero-order valence-corrected chi connectivity index (χ0v) is 21.6. The molecule has 2 aromatic heterocycles. The number of nitrogens with zero attached hydrogens (tertiary/aromatic N) is 4. The molecule has 0 N–H and O–H groups in total. The van der Waals surface area contributed by atoms with Crippen LogP contribution < -0.4 is 0 Å². The van der Waals surface area contributed by atoms with E-state index in [1.54, 1.807) is 41.6 Å². The van der Waals surface area contributed by atoms with E-state index < -0.39 is 9.84 Å². The van der Waals surface area contributed by atoms with Crippen molar-refractivity contribution in [2.24, 2.45) is 5.92 Å². The molecule has 1 unspecified atom stereocenters. The highest BCUT2D eigenvalue weighted by Gasteiger charge is 2.34. The zero-order chi connectivity index (χ0) is 26.3. The van der Waals surface area contributed by atoms with Crippen LogP contribution in [0.1, 0.15) is 48.3 Å². The summed E-state index contributed by atoms with van der Waals surface area (Å²) in [6.45, 7) is 4.70. The molecule has 1 aromatic carbocycles. The van der Waals surface area contributed by atoms with Crippen LogP contribution in [0.2, 0.25) is 0 Å². The Bertz CT molecular complexity index is 1460. The first-order chi connectivity index (χ1) is 17.7. The number of rotatable bonds is 5. The summed E-state index contributed by atoms with van der Waals surface area (Å²) in [4.78, 5) is 32.5. The number of esters is 1. The fraction of sp³-hybridized carbons (Fsp3) is 0.462. The molecule has 3 aromatic rings. The van der Waals surface area contributed by atoms with Gasteiger partial charge in [0.2, 0.25) is 0 Å². The summed E-state index contributed by atoms with van der Waals surface area (Å²) in [6, 6.07) is 7.16. The monoisotopic (exact) mass is 528 g/mol. The number of sulfone groups is 1. The van der Waals surface area contributed by atoms with E-state index in [0.717, 1.165) is 0 Å². The van der Waals surface area contributed by atoms with E-state index in [-0.39, 0.29) is 41.2 Å². The number of pyridine rings is 1. The van der Waals surface area contributed by atoms with Crippen molar-refractivity contribution >= 4 is 32.7 Å². The number of ether oxygens (including phenoxy) is 1. The van der Waals surface area contributed by atoms with Gasteiger partial charge in [-0.25, -0.2) is 22.5 Å². The van der Waals surface area contributed by atoms with E-state index in [9.17, 15) is 22.4 Å². The standard InChI is InChI=1S/C26H29FN4O5S/c1-3-36-26(33)18-8-11-30(12-9-18)25(32)21-14-22(17-4-6-19(27)7-5-17)28-24-23(21)16(2)29-31(24)20-10-13-37(34,35)15-20/h4-7,14,18,20H,3,8-13,15H2,1-2H3. The first-order valence-corrected chi connectivity index (χ1v) is 14.3. The number of halogens is 1. The highest BCUT2D eigenvalue weighted by Crippen LogP contribution is 2.33. The van der Waals surface area contributed by atoms with Crippen LogP contribution in [-0.2, 0) is 19.4 Å². The number of carbonyl (C=O) groups excluding carboxylic acids is 2. The summed E-state index contributed by atoms with van der Waals surface area (Å²) in [6.07, 6.45) is 1.45. The topological polar surface area (TPSA) is 111 Å². The second kappa shape index (κ2) is 9.85. The average molecular weight is 529 g/mol. The summed E-state index contributed by atoms with van der Waals surface area (Å²) >= 11 is 0. The van der Waals surface area contributed by atoms with E-state index in [1.165, 1.54) is 12.1 Å². The molecule has 9 nitrogen and oxygen atoms in total. The van der Waals surface area contributed by atoms with Crippen molar-refractivity contribution in [2.75, 3.05) is 31.2 Å². The molecule has 196 valence electrons. The number of aromatic nitrogens is 3. The van der Waals surface area contributed by atoms with Crippen molar-refractivity contribution in [2.45, 2.75) is 39.2 Å². The second-order valence-corrected chi connectivity index (χ2v) is 11.9. The number of hydrogen-bond acceptors (Lipinski definition) is 7. The van der Waals surface area contributed by atoms with Gasteiger partial charge in [-0.05, 0) is 63.4 Å². The quantitative estimate of drug-likeness (QED) is 0.467. The molecular formula is C26H29FN4O5S. The van der Waals surface area contributed by atoms with Gasteiger partial charge in [0.25, 0.3) is 5.91 Å². The Kier molecular flexibility index (Phi) is 6.74. The van der Waals surface area contributed by atoms with E-state index >= 15 is 0 Å². The number of hydrogen-bond donors (Lipinski definition) is 0. The molecule has 0 aliphatic carbocycles. The zero-order valence-electron chi connectivity index (χ0n) is 20.8. The molecule has 2 aliphatic heterocycles. The maximum Gasteiger partial charge on any atom is 0.309 e. The first kappa shape index (κ1) is 25.3. The highest BCUT2D eigenvalue weighted by molar-refractivity contribution is 7.91. The van der Waals surface area contributed by atoms with Crippen molar-refractivity contribution in [3.05, 3.63) is 47.4 Å². The SMILES string of the molecule is CCOC(=O)C1CCN(C(=O)c2cc(-c3ccc(F)cc3)nc3c2c(C)nn3C2CCS(=O)(=O)C2)CC1. The molecule has 37 heavy (non-hydrogen) atoms. The normalized spacial score (nSPS) is 19.9. The number of amides is 1. The lowest BCUT2D eigenvalue weighted by Crippen LogP contribution is -2.40. The van der Waals surface area contributed by atoms with Crippen molar-refractivity contribution in [3.63, 3.8) is 0 Å². The molecule has 1 amide bonds. The van der Waals surface area contributed by atoms with E-state index in [4.69, 9.17) is 9.72 Å². The van der Waals surface area contributed by atoms with Gasteiger partial charge in [0.1, 0.15) is 5.82 Å². The molecule has 1 atom stereocenters. The van der Waals surface area contributed by atoms with Crippen LogP contribution in [-0.4, -0.2) is 71.2 Å². The molecule has 2 saturated heterocycles. The smallest absolute Gasteiger partial charge is 0.309 e. The maximum atomic E-state index is 13.8. The Hall–Kier alpha value is -3.34. The van der Waals surface area contributed by atoms with Crippen molar-refractivity contribution < 1.29 is 27.1 Å². The Labute approximate surface area is 214 Å². The van der Waals surface area contributed by atoms with Gasteiger partial charge in [0.15, 0.2) is 15.5 Å². The van der Waals surface area contributed by atoms with E-state index in [2.05, 4.69) is 5.10 Å². The van der Waals surface area contributed by atoms with Crippen LogP contribution >= 0.6 is 0 Å². The Morgan fingerprint density at radius 3 is 2.46 bits per heavy atom. The lowest BCUT2D eigenvalue weighted by Gasteiger charge is -2.31. The number of fused-ring (bicyclic) bond motifs is 1. The minimum Gasteiger partial charge on any atom is -0.466 e. The van der Waals surface area contributed by atoms with Crippen molar-refractivity contribution in [1.82, 2.24) is 19.7 Å². The fourth-order valence-electron chi connectivity index (χ4n) is 5.22. The van der Waals surface area contributed by atoms with Gasteiger partial charge >= 0.3 is 5.97 Å². The third-order valence-corrected chi connectivity index (χ3v) is 8.91. The van der Waals surface area contributed by atoms with Crippen LogP contribution in [0.4, 0.5) is 4.39 Å². The highest BCUT2D eigenvalue weighted by atomic mass is 32.2. The fourth-order valence-corrected chi connectivity index (χ4v) is 6.91. The third kappa shape index (κ3) is 4.96. The average Bonchev–Trinajstić information content (AvgIpc) is 3.42. The molecular weight excluding hydrogens is 499 g/mol. The van der Waals surface area contributed by atoms with Crippen molar-refractivity contribution in [1.29, 1.82) is 0 Å². The summed E-state index contributed by atoms with van der Waals surface area (Å²) in [7, 11) is -3.17. The molecule has 2 aliphatic rings. The largest absolute Gasteiger partial charge is 0.466 e. The molecule has 0 spiro atoms. The number of benzene rings is 1. The number of aryl methyl sites for hydroxylation is 1. The molecule has 4 heterocycles. The van der Waals surface area contributed by atoms with Gasteiger partial charge in [-0.2, -0.15) is 5.10 Å². The Morgan fingerprint density at radius 2 is 1.84 bits per heavy atom. The molecule has 2 fully saturated rings. The maximum absolute atomic E-state index is 13.8. The summed E-state index contributed by atoms with van der Waals surface area (Å²) in [5.41, 5.74) is 2.53. The van der Waals surface area contributed by atoms with Gasteiger partial charge in [-0.3, -0.25) is 9.59 Å². The first-order valence-electron chi connectivity index (χ1n) is 12.5. The van der Waals surface area contributed by atoms with E-state index in [0.29, 0.717) is 72.5 Å². The van der Waals surface area contributed by atoms with Crippen LogP contribution in [0.25, 0.3) is 22.3 Å². The minimum atomic E-state index is -3.17. The van der Waals surface area contributed by atoms with Crippen molar-refractivity contribution in [3.8, 4) is 11.3 Å². The predicted molar refractivity (Wildman–Crippen MR) is 135 cm³/mol. The van der Waals surface area contributed by atoms with E-state index in [1.807, 2.05) is 0 Å². The Balaban J connectivity index is 1.56. The van der Waals surface area contributed by atoms with Crippen LogP contribution in [0.3, 0.4) is 0 Å². The van der Waals surface area contributed by atoms with Gasteiger partial charge in [0.05, 0.1) is 52.4 Å². The van der Waals surface area contributed by atoms with Crippen LogP contribution in [0, 0.1) is 18.7 Å². The van der Waals surface area contributed by atoms with Crippen LogP contribution in [0.5, 0.6) is 0 Å². The Morgan fingerprint density at radius 1 is 1.14 bits per heavy atom. The number of carbonyl (C=O) groups is 2. The lowest BCUT2D eigenvalue weighted by molar-refractivity contribution is -0.149. The third-order valence-electron chi connectivity index (χ3n) is 7.16.